The van der Waals surface area contributed by atoms with E-state index in [1.54, 1.807) is 0 Å². The molecule has 84 valence electrons. The van der Waals surface area contributed by atoms with Crippen LogP contribution in [0.4, 0.5) is 0 Å². The lowest BCUT2D eigenvalue weighted by Gasteiger charge is -2.26. The average Bonchev–Trinajstić information content (AvgIpc) is 2.21. The highest BCUT2D eigenvalue weighted by molar-refractivity contribution is 7.80. The molecule has 0 spiro atoms. The summed E-state index contributed by atoms with van der Waals surface area (Å²) in [6.07, 6.45) is 2.34. The fourth-order valence-corrected chi connectivity index (χ4v) is 1.51. The molecule has 0 rings (SSSR count). The van der Waals surface area contributed by atoms with Gasteiger partial charge in [-0.25, -0.2) is 0 Å². The predicted molar refractivity (Wildman–Crippen MR) is 67.6 cm³/mol. The number of nitrogens with one attached hydrogen (secondary N) is 1. The molecule has 0 aliphatic carbocycles. The second kappa shape index (κ2) is 8.04. The van der Waals surface area contributed by atoms with Crippen molar-refractivity contribution in [2.45, 2.75) is 40.5 Å². The lowest BCUT2D eigenvalue weighted by Crippen LogP contribution is -2.42. The minimum atomic E-state index is 0.719. The molecule has 1 atom stereocenters. The van der Waals surface area contributed by atoms with Crippen molar-refractivity contribution < 1.29 is 0 Å². The maximum absolute atomic E-state index is 5.32. The van der Waals surface area contributed by atoms with Crippen molar-refractivity contribution in [1.29, 1.82) is 0 Å². The molecule has 3 heteroatoms. The van der Waals surface area contributed by atoms with Gasteiger partial charge in [0.2, 0.25) is 0 Å². The smallest absolute Gasteiger partial charge is 0.168 e. The highest BCUT2D eigenvalue weighted by Crippen LogP contribution is 2.04. The van der Waals surface area contributed by atoms with E-state index in [9.17, 15) is 0 Å². The molecule has 0 aromatic heterocycles. The van der Waals surface area contributed by atoms with Crippen molar-refractivity contribution in [3.05, 3.63) is 0 Å². The summed E-state index contributed by atoms with van der Waals surface area (Å²) >= 11 is 5.32. The molecule has 0 radical (unpaired) electrons. The quantitative estimate of drug-likeness (QED) is 0.687. The number of hydrogen-bond donors (Lipinski definition) is 1. The minimum absolute atomic E-state index is 0.719. The summed E-state index contributed by atoms with van der Waals surface area (Å²) < 4.78 is 0. The third-order valence-corrected chi connectivity index (χ3v) is 2.83. The van der Waals surface area contributed by atoms with Gasteiger partial charge in [0.1, 0.15) is 0 Å². The van der Waals surface area contributed by atoms with E-state index in [1.165, 1.54) is 6.42 Å². The zero-order chi connectivity index (χ0) is 11.0. The first-order valence-electron chi connectivity index (χ1n) is 5.68. The molecule has 0 aromatic rings. The van der Waals surface area contributed by atoms with Crippen molar-refractivity contribution in [2.75, 3.05) is 19.6 Å². The van der Waals surface area contributed by atoms with Gasteiger partial charge in [0, 0.05) is 19.6 Å². The van der Waals surface area contributed by atoms with E-state index in [-0.39, 0.29) is 0 Å². The first-order chi connectivity index (χ1) is 6.65. The Labute approximate surface area is 94.1 Å². The molecule has 0 amide bonds. The molecular formula is C11H24N2S. The van der Waals surface area contributed by atoms with E-state index in [1.807, 2.05) is 0 Å². The van der Waals surface area contributed by atoms with Gasteiger partial charge in [-0.05, 0) is 31.5 Å². The molecule has 0 heterocycles. The lowest BCUT2D eigenvalue weighted by atomic mass is 10.1. The molecule has 2 nitrogen and oxygen atoms in total. The van der Waals surface area contributed by atoms with Crippen molar-refractivity contribution in [3.8, 4) is 0 Å². The van der Waals surface area contributed by atoms with Crippen LogP contribution >= 0.6 is 12.2 Å². The number of hydrogen-bond acceptors (Lipinski definition) is 1. The average molecular weight is 216 g/mol. The lowest BCUT2D eigenvalue weighted by molar-refractivity contribution is 0.355. The zero-order valence-corrected chi connectivity index (χ0v) is 10.8. The molecule has 1 unspecified atom stereocenters. The summed E-state index contributed by atoms with van der Waals surface area (Å²) in [5.41, 5.74) is 0. The summed E-state index contributed by atoms with van der Waals surface area (Å²) in [5.74, 6) is 0.719. The van der Waals surface area contributed by atoms with Gasteiger partial charge < -0.3 is 10.2 Å². The van der Waals surface area contributed by atoms with E-state index in [4.69, 9.17) is 12.2 Å². The van der Waals surface area contributed by atoms with Crippen molar-refractivity contribution >= 4 is 17.3 Å². The van der Waals surface area contributed by atoms with Gasteiger partial charge in [0.15, 0.2) is 5.11 Å². The van der Waals surface area contributed by atoms with Crippen molar-refractivity contribution in [2.24, 2.45) is 5.92 Å². The standard InChI is InChI=1S/C11H24N2S/c1-5-8-12-11(14)13(7-3)9-10(4)6-2/h10H,5-9H2,1-4H3,(H,12,14). The van der Waals surface area contributed by atoms with Crippen LogP contribution in [-0.4, -0.2) is 29.6 Å². The first kappa shape index (κ1) is 13.7. The Balaban J connectivity index is 3.92. The molecule has 0 aliphatic rings. The molecule has 0 bridgehead atoms. The molecular weight excluding hydrogens is 192 g/mol. The minimum Gasteiger partial charge on any atom is -0.363 e. The van der Waals surface area contributed by atoms with E-state index in [0.717, 1.165) is 37.1 Å². The molecule has 0 saturated carbocycles. The van der Waals surface area contributed by atoms with Crippen LogP contribution in [0.25, 0.3) is 0 Å². The molecule has 0 aliphatic heterocycles. The van der Waals surface area contributed by atoms with Crippen LogP contribution < -0.4 is 5.32 Å². The maximum Gasteiger partial charge on any atom is 0.168 e. The van der Waals surface area contributed by atoms with Gasteiger partial charge in [0.05, 0.1) is 0 Å². The van der Waals surface area contributed by atoms with Crippen LogP contribution in [0.15, 0.2) is 0 Å². The Kier molecular flexibility index (Phi) is 7.86. The number of nitrogens with zero attached hydrogens (tertiary/aromatic N) is 1. The predicted octanol–water partition coefficient (Wildman–Crippen LogP) is 2.64. The van der Waals surface area contributed by atoms with Crippen molar-refractivity contribution in [1.82, 2.24) is 10.2 Å². The van der Waals surface area contributed by atoms with Crippen molar-refractivity contribution in [3.63, 3.8) is 0 Å². The van der Waals surface area contributed by atoms with Gasteiger partial charge in [-0.1, -0.05) is 27.2 Å². The normalized spacial score (nSPS) is 12.3. The van der Waals surface area contributed by atoms with Crippen LogP contribution in [0.5, 0.6) is 0 Å². The fourth-order valence-electron chi connectivity index (χ4n) is 1.20. The van der Waals surface area contributed by atoms with Gasteiger partial charge in [-0.15, -0.1) is 0 Å². The van der Waals surface area contributed by atoms with Gasteiger partial charge in [-0.3, -0.25) is 0 Å². The summed E-state index contributed by atoms with van der Waals surface area (Å²) in [6.45, 7) is 11.9. The second-order valence-electron chi connectivity index (χ2n) is 3.78. The van der Waals surface area contributed by atoms with E-state index < -0.39 is 0 Å². The third-order valence-electron chi connectivity index (χ3n) is 2.42. The fraction of sp³-hybridized carbons (Fsp3) is 0.909. The van der Waals surface area contributed by atoms with E-state index in [0.29, 0.717) is 0 Å². The maximum atomic E-state index is 5.32. The Morgan fingerprint density at radius 1 is 1.36 bits per heavy atom. The number of thiocarbonyl (C=S) groups is 1. The largest absolute Gasteiger partial charge is 0.363 e. The Morgan fingerprint density at radius 2 is 2.00 bits per heavy atom. The van der Waals surface area contributed by atoms with E-state index in [2.05, 4.69) is 37.9 Å². The summed E-state index contributed by atoms with van der Waals surface area (Å²) in [7, 11) is 0. The monoisotopic (exact) mass is 216 g/mol. The summed E-state index contributed by atoms with van der Waals surface area (Å²) in [5, 5.41) is 4.18. The molecule has 14 heavy (non-hydrogen) atoms. The highest BCUT2D eigenvalue weighted by atomic mass is 32.1. The zero-order valence-electron chi connectivity index (χ0n) is 9.97. The Hall–Kier alpha value is -0.310. The summed E-state index contributed by atoms with van der Waals surface area (Å²) in [6, 6.07) is 0. The topological polar surface area (TPSA) is 15.3 Å². The van der Waals surface area contributed by atoms with Crippen LogP contribution in [-0.2, 0) is 0 Å². The van der Waals surface area contributed by atoms with Crippen LogP contribution in [0.1, 0.15) is 40.5 Å². The van der Waals surface area contributed by atoms with Crippen LogP contribution in [0.2, 0.25) is 0 Å². The molecule has 0 fully saturated rings. The molecule has 1 N–H and O–H groups in total. The van der Waals surface area contributed by atoms with Crippen LogP contribution in [0, 0.1) is 5.92 Å². The SMILES string of the molecule is CCCNC(=S)N(CC)CC(C)CC. The summed E-state index contributed by atoms with van der Waals surface area (Å²) in [4.78, 5) is 2.25. The Morgan fingerprint density at radius 3 is 2.43 bits per heavy atom. The molecule has 0 aromatic carbocycles. The highest BCUT2D eigenvalue weighted by Gasteiger charge is 2.09. The first-order valence-corrected chi connectivity index (χ1v) is 6.09. The molecule has 0 saturated heterocycles. The van der Waals surface area contributed by atoms with Gasteiger partial charge in [0.25, 0.3) is 0 Å². The van der Waals surface area contributed by atoms with Gasteiger partial charge in [-0.2, -0.15) is 0 Å². The van der Waals surface area contributed by atoms with Crippen LogP contribution in [0.3, 0.4) is 0 Å². The van der Waals surface area contributed by atoms with E-state index >= 15 is 0 Å². The number of rotatable bonds is 6. The second-order valence-corrected chi connectivity index (χ2v) is 4.17. The Bertz CT molecular complexity index is 159. The third kappa shape index (κ3) is 5.43. The van der Waals surface area contributed by atoms with Gasteiger partial charge >= 0.3 is 0 Å².